The molecule has 3 rings (SSSR count). The van der Waals surface area contributed by atoms with Crippen molar-refractivity contribution in [2.24, 2.45) is 0 Å². The van der Waals surface area contributed by atoms with Gasteiger partial charge in [-0.25, -0.2) is 17.2 Å². The van der Waals surface area contributed by atoms with Gasteiger partial charge in [0.25, 0.3) is 15.9 Å². The van der Waals surface area contributed by atoms with Crippen molar-refractivity contribution in [3.8, 4) is 0 Å². The molecule has 1 amide bonds. The van der Waals surface area contributed by atoms with E-state index in [2.05, 4.69) is 10.0 Å². The van der Waals surface area contributed by atoms with Crippen molar-refractivity contribution in [1.29, 1.82) is 0 Å². The molecule has 0 bridgehead atoms. The van der Waals surface area contributed by atoms with Gasteiger partial charge in [-0.05, 0) is 43.2 Å². The number of rotatable bonds is 6. The number of hydrogen-bond acceptors (Lipinski definition) is 4. The zero-order valence-electron chi connectivity index (χ0n) is 14.2. The van der Waals surface area contributed by atoms with E-state index in [-0.39, 0.29) is 17.4 Å². The second-order valence-corrected chi connectivity index (χ2v) is 7.72. The number of amides is 1. The molecule has 1 unspecified atom stereocenters. The van der Waals surface area contributed by atoms with Crippen molar-refractivity contribution < 1.29 is 26.7 Å². The number of sulfonamides is 1. The van der Waals surface area contributed by atoms with Crippen LogP contribution >= 0.6 is 0 Å². The highest BCUT2D eigenvalue weighted by Gasteiger charge is 2.23. The third-order valence-corrected chi connectivity index (χ3v) is 5.49. The van der Waals surface area contributed by atoms with Crippen LogP contribution in [-0.2, 0) is 14.8 Å². The molecule has 6 nitrogen and oxygen atoms in total. The molecule has 0 spiro atoms. The lowest BCUT2D eigenvalue weighted by Gasteiger charge is -2.14. The van der Waals surface area contributed by atoms with E-state index in [1.807, 2.05) is 0 Å². The van der Waals surface area contributed by atoms with E-state index in [1.165, 1.54) is 18.2 Å². The normalized spacial score (nSPS) is 16.9. The van der Waals surface area contributed by atoms with Crippen LogP contribution in [0.15, 0.2) is 47.4 Å². The average Bonchev–Trinajstić information content (AvgIpc) is 3.15. The van der Waals surface area contributed by atoms with Crippen LogP contribution in [0.5, 0.6) is 0 Å². The van der Waals surface area contributed by atoms with E-state index >= 15 is 0 Å². The van der Waals surface area contributed by atoms with Crippen LogP contribution in [0.25, 0.3) is 0 Å². The highest BCUT2D eigenvalue weighted by Crippen LogP contribution is 2.22. The number of ether oxygens (including phenoxy) is 1. The van der Waals surface area contributed by atoms with Crippen LogP contribution in [0.3, 0.4) is 0 Å². The fourth-order valence-corrected chi connectivity index (χ4v) is 3.93. The molecule has 2 N–H and O–H groups in total. The van der Waals surface area contributed by atoms with E-state index < -0.39 is 32.5 Å². The summed E-state index contributed by atoms with van der Waals surface area (Å²) in [5.41, 5.74) is 0.0295. The molecule has 1 aliphatic heterocycles. The van der Waals surface area contributed by atoms with Gasteiger partial charge < -0.3 is 10.1 Å². The molecule has 27 heavy (non-hydrogen) atoms. The molecule has 1 saturated heterocycles. The first kappa shape index (κ1) is 19.2. The van der Waals surface area contributed by atoms with Crippen LogP contribution < -0.4 is 10.0 Å². The van der Waals surface area contributed by atoms with Crippen molar-refractivity contribution >= 4 is 21.6 Å². The van der Waals surface area contributed by atoms with Gasteiger partial charge in [-0.3, -0.25) is 9.52 Å². The molecule has 1 fully saturated rings. The standard InChI is InChI=1S/C18H18F2N2O4S/c19-12-7-8-15(20)17(10-12)27(24,25)22-16-6-2-1-5-14(16)18(23)21-11-13-4-3-9-26-13/h1-2,5-8,10,13,22H,3-4,9,11H2,(H,21,23). The van der Waals surface area contributed by atoms with Crippen LogP contribution in [-0.4, -0.2) is 33.6 Å². The number of benzene rings is 2. The number of hydrogen-bond donors (Lipinski definition) is 2. The molecule has 144 valence electrons. The van der Waals surface area contributed by atoms with E-state index in [0.717, 1.165) is 25.0 Å². The molecule has 1 heterocycles. The van der Waals surface area contributed by atoms with Crippen LogP contribution in [0.2, 0.25) is 0 Å². The van der Waals surface area contributed by atoms with Gasteiger partial charge >= 0.3 is 0 Å². The molecule has 9 heteroatoms. The minimum atomic E-state index is -4.42. The summed E-state index contributed by atoms with van der Waals surface area (Å²) >= 11 is 0. The fraction of sp³-hybridized carbons (Fsp3) is 0.278. The summed E-state index contributed by atoms with van der Waals surface area (Å²) < 4.78 is 59.7. The Hall–Kier alpha value is -2.52. The molecule has 0 aromatic heterocycles. The van der Waals surface area contributed by atoms with E-state index in [1.54, 1.807) is 6.07 Å². The molecule has 1 aliphatic rings. The quantitative estimate of drug-likeness (QED) is 0.786. The smallest absolute Gasteiger partial charge is 0.264 e. The lowest BCUT2D eigenvalue weighted by Crippen LogP contribution is -2.32. The number of para-hydroxylation sites is 1. The van der Waals surface area contributed by atoms with Crippen molar-refractivity contribution in [3.63, 3.8) is 0 Å². The molecule has 2 aromatic rings. The van der Waals surface area contributed by atoms with Crippen molar-refractivity contribution in [2.45, 2.75) is 23.8 Å². The summed E-state index contributed by atoms with van der Waals surface area (Å²) in [6.45, 7) is 0.953. The highest BCUT2D eigenvalue weighted by atomic mass is 32.2. The number of carbonyl (C=O) groups excluding carboxylic acids is 1. The summed E-state index contributed by atoms with van der Waals surface area (Å²) in [5.74, 6) is -2.48. The van der Waals surface area contributed by atoms with Gasteiger partial charge in [0.2, 0.25) is 0 Å². The van der Waals surface area contributed by atoms with Crippen molar-refractivity contribution in [1.82, 2.24) is 5.32 Å². The molecule has 0 aliphatic carbocycles. The monoisotopic (exact) mass is 396 g/mol. The van der Waals surface area contributed by atoms with Gasteiger partial charge in [0.1, 0.15) is 16.5 Å². The second kappa shape index (κ2) is 8.01. The SMILES string of the molecule is O=C(NCC1CCCO1)c1ccccc1NS(=O)(=O)c1cc(F)ccc1F. The van der Waals surface area contributed by atoms with Crippen LogP contribution in [0.1, 0.15) is 23.2 Å². The lowest BCUT2D eigenvalue weighted by molar-refractivity contribution is 0.0858. The maximum absolute atomic E-state index is 13.8. The van der Waals surface area contributed by atoms with Gasteiger partial charge in [-0.15, -0.1) is 0 Å². The number of anilines is 1. The number of halogens is 2. The first-order valence-electron chi connectivity index (χ1n) is 8.33. The lowest BCUT2D eigenvalue weighted by atomic mass is 10.1. The van der Waals surface area contributed by atoms with Crippen molar-refractivity contribution in [2.75, 3.05) is 17.9 Å². The predicted molar refractivity (Wildman–Crippen MR) is 94.9 cm³/mol. The molecule has 1 atom stereocenters. The molecule has 0 saturated carbocycles. The Morgan fingerprint density at radius 2 is 1.96 bits per heavy atom. The Bertz CT molecular complexity index is 944. The molecular formula is C18H18F2N2O4S. The Morgan fingerprint density at radius 1 is 1.19 bits per heavy atom. The van der Waals surface area contributed by atoms with Gasteiger partial charge in [-0.1, -0.05) is 12.1 Å². The van der Waals surface area contributed by atoms with Gasteiger partial charge in [0.05, 0.1) is 17.4 Å². The molecule has 0 radical (unpaired) electrons. The van der Waals surface area contributed by atoms with E-state index in [4.69, 9.17) is 4.74 Å². The minimum Gasteiger partial charge on any atom is -0.376 e. The largest absolute Gasteiger partial charge is 0.376 e. The van der Waals surface area contributed by atoms with Crippen molar-refractivity contribution in [3.05, 3.63) is 59.7 Å². The third kappa shape index (κ3) is 4.61. The van der Waals surface area contributed by atoms with Crippen LogP contribution in [0.4, 0.5) is 14.5 Å². The Kier molecular flexibility index (Phi) is 5.71. The summed E-state index contributed by atoms with van der Waals surface area (Å²) in [5, 5.41) is 2.69. The highest BCUT2D eigenvalue weighted by molar-refractivity contribution is 7.92. The maximum Gasteiger partial charge on any atom is 0.264 e. The first-order chi connectivity index (χ1) is 12.9. The third-order valence-electron chi connectivity index (χ3n) is 4.11. The minimum absolute atomic E-state index is 0.0361. The predicted octanol–water partition coefficient (Wildman–Crippen LogP) is 2.67. The van der Waals surface area contributed by atoms with Gasteiger partial charge in [0.15, 0.2) is 0 Å². The Labute approximate surface area is 155 Å². The topological polar surface area (TPSA) is 84.5 Å². The summed E-state index contributed by atoms with van der Waals surface area (Å²) in [4.78, 5) is 11.6. The van der Waals surface area contributed by atoms with E-state index in [0.29, 0.717) is 19.2 Å². The summed E-state index contributed by atoms with van der Waals surface area (Å²) in [6, 6.07) is 8.03. The molecule has 2 aromatic carbocycles. The average molecular weight is 396 g/mol. The van der Waals surface area contributed by atoms with E-state index in [9.17, 15) is 22.0 Å². The van der Waals surface area contributed by atoms with Gasteiger partial charge in [0, 0.05) is 13.2 Å². The zero-order chi connectivity index (χ0) is 19.4. The first-order valence-corrected chi connectivity index (χ1v) is 9.82. The Balaban J connectivity index is 1.80. The number of nitrogens with one attached hydrogen (secondary N) is 2. The summed E-state index contributed by atoms with van der Waals surface area (Å²) in [6.07, 6.45) is 1.70. The Morgan fingerprint density at radius 3 is 2.70 bits per heavy atom. The van der Waals surface area contributed by atoms with Crippen LogP contribution in [0, 0.1) is 11.6 Å². The second-order valence-electron chi connectivity index (χ2n) is 6.07. The maximum atomic E-state index is 13.8. The van der Waals surface area contributed by atoms with Gasteiger partial charge in [-0.2, -0.15) is 0 Å². The number of carbonyl (C=O) groups is 1. The zero-order valence-corrected chi connectivity index (χ0v) is 15.1. The molecular weight excluding hydrogens is 378 g/mol. The summed E-state index contributed by atoms with van der Waals surface area (Å²) in [7, 11) is -4.42. The fourth-order valence-electron chi connectivity index (χ4n) is 2.76.